The molecular formula is C22H29N3O4S2. The molecule has 2 aromatic rings. The molecule has 0 spiro atoms. The predicted octanol–water partition coefficient (Wildman–Crippen LogP) is 3.14. The van der Waals surface area contributed by atoms with Crippen molar-refractivity contribution in [3.63, 3.8) is 0 Å². The van der Waals surface area contributed by atoms with Gasteiger partial charge in [0.15, 0.2) is 4.80 Å². The van der Waals surface area contributed by atoms with Crippen LogP contribution in [0, 0.1) is 6.92 Å². The minimum atomic E-state index is -0.367. The molecule has 0 N–H and O–H groups in total. The molecule has 1 aromatic carbocycles. The molecule has 2 amide bonds. The molecule has 9 heteroatoms. The lowest BCUT2D eigenvalue weighted by molar-refractivity contribution is -0.143. The molecule has 1 aliphatic rings. The van der Waals surface area contributed by atoms with Crippen molar-refractivity contribution in [1.29, 1.82) is 0 Å². The quantitative estimate of drug-likeness (QED) is 0.590. The highest BCUT2D eigenvalue weighted by Crippen LogP contribution is 2.19. The van der Waals surface area contributed by atoms with E-state index in [4.69, 9.17) is 4.74 Å². The number of benzene rings is 1. The van der Waals surface area contributed by atoms with E-state index in [2.05, 4.69) is 4.99 Å². The van der Waals surface area contributed by atoms with Crippen molar-refractivity contribution in [2.24, 2.45) is 4.99 Å². The molecule has 1 aromatic heterocycles. The summed E-state index contributed by atoms with van der Waals surface area (Å²) in [4.78, 5) is 43.6. The number of fused-ring (bicyclic) bond motifs is 1. The van der Waals surface area contributed by atoms with Crippen LogP contribution >= 0.6 is 23.1 Å². The molecule has 0 unspecified atom stereocenters. The summed E-state index contributed by atoms with van der Waals surface area (Å²) in [6.45, 7) is 5.68. The van der Waals surface area contributed by atoms with Gasteiger partial charge in [-0.05, 0) is 44.4 Å². The summed E-state index contributed by atoms with van der Waals surface area (Å²) in [6.07, 6.45) is 4.46. The summed E-state index contributed by atoms with van der Waals surface area (Å²) in [7, 11) is 0. The maximum atomic E-state index is 12.5. The van der Waals surface area contributed by atoms with Crippen molar-refractivity contribution in [3.8, 4) is 0 Å². The van der Waals surface area contributed by atoms with E-state index in [1.807, 2.05) is 30.0 Å². The van der Waals surface area contributed by atoms with E-state index >= 15 is 0 Å². The van der Waals surface area contributed by atoms with Crippen LogP contribution in [-0.2, 0) is 25.7 Å². The molecule has 0 bridgehead atoms. The second-order valence-electron chi connectivity index (χ2n) is 7.54. The van der Waals surface area contributed by atoms with Gasteiger partial charge in [0.25, 0.3) is 5.91 Å². The lowest BCUT2D eigenvalue weighted by atomic mass is 10.2. The number of thioether (sulfide) groups is 1. The zero-order chi connectivity index (χ0) is 22.2. The van der Waals surface area contributed by atoms with Gasteiger partial charge in [-0.1, -0.05) is 30.2 Å². The molecule has 0 saturated carbocycles. The number of ether oxygens (including phenoxy) is 1. The van der Waals surface area contributed by atoms with Crippen LogP contribution in [0.2, 0.25) is 0 Å². The van der Waals surface area contributed by atoms with Gasteiger partial charge in [-0.3, -0.25) is 14.4 Å². The van der Waals surface area contributed by atoms with E-state index in [-0.39, 0.29) is 35.8 Å². The van der Waals surface area contributed by atoms with Crippen molar-refractivity contribution >= 4 is 51.1 Å². The molecule has 2 heterocycles. The normalized spacial score (nSPS) is 15.2. The Bertz CT molecular complexity index is 1000. The van der Waals surface area contributed by atoms with E-state index in [0.717, 1.165) is 41.7 Å². The van der Waals surface area contributed by atoms with Crippen molar-refractivity contribution in [3.05, 3.63) is 28.6 Å². The first-order chi connectivity index (χ1) is 15.0. The monoisotopic (exact) mass is 463 g/mol. The third-order valence-corrected chi connectivity index (χ3v) is 7.00. The van der Waals surface area contributed by atoms with Gasteiger partial charge in [-0.15, -0.1) is 11.8 Å². The first kappa shape index (κ1) is 23.5. The Balaban J connectivity index is 1.69. The number of rotatable bonds is 7. The second kappa shape index (κ2) is 11.5. The third-order valence-electron chi connectivity index (χ3n) is 5.06. The average Bonchev–Trinajstić information content (AvgIpc) is 2.90. The number of likely N-dealkylation sites (tertiary alicyclic amines) is 1. The fourth-order valence-corrected chi connectivity index (χ4v) is 5.37. The van der Waals surface area contributed by atoms with Crippen LogP contribution < -0.4 is 4.80 Å². The van der Waals surface area contributed by atoms with Crippen LogP contribution in [0.3, 0.4) is 0 Å². The fraction of sp³-hybridized carbons (Fsp3) is 0.545. The molecule has 7 nitrogen and oxygen atoms in total. The second-order valence-corrected chi connectivity index (χ2v) is 9.54. The third kappa shape index (κ3) is 6.67. The van der Waals surface area contributed by atoms with Crippen molar-refractivity contribution in [2.45, 2.75) is 46.1 Å². The standard InChI is InChI=1S/C22H29N3O4S2/c1-3-29-21(28)13-25-17-9-8-16(2)12-18(17)31-22(25)23-19(26)14-30-15-20(27)24-10-6-4-5-7-11-24/h8-9,12H,3-7,10-11,13-15H2,1-2H3. The van der Waals surface area contributed by atoms with Gasteiger partial charge in [0.1, 0.15) is 6.54 Å². The van der Waals surface area contributed by atoms with Gasteiger partial charge in [-0.25, -0.2) is 0 Å². The highest BCUT2D eigenvalue weighted by Gasteiger charge is 2.16. The van der Waals surface area contributed by atoms with Gasteiger partial charge in [-0.2, -0.15) is 4.99 Å². The molecule has 0 aliphatic carbocycles. The molecule has 31 heavy (non-hydrogen) atoms. The van der Waals surface area contributed by atoms with Gasteiger partial charge < -0.3 is 14.2 Å². The highest BCUT2D eigenvalue weighted by molar-refractivity contribution is 8.00. The lowest BCUT2D eigenvalue weighted by Crippen LogP contribution is -2.33. The van der Waals surface area contributed by atoms with Gasteiger partial charge in [0.05, 0.1) is 28.3 Å². The molecule has 1 fully saturated rings. The van der Waals surface area contributed by atoms with Crippen LogP contribution in [0.15, 0.2) is 23.2 Å². The lowest BCUT2D eigenvalue weighted by Gasteiger charge is -2.19. The Morgan fingerprint density at radius 2 is 1.87 bits per heavy atom. The average molecular weight is 464 g/mol. The maximum Gasteiger partial charge on any atom is 0.326 e. The Labute approximate surface area is 190 Å². The van der Waals surface area contributed by atoms with E-state index in [0.29, 0.717) is 11.4 Å². The van der Waals surface area contributed by atoms with Crippen molar-refractivity contribution < 1.29 is 19.1 Å². The highest BCUT2D eigenvalue weighted by atomic mass is 32.2. The van der Waals surface area contributed by atoms with E-state index in [9.17, 15) is 14.4 Å². The number of carbonyl (C=O) groups is 3. The minimum absolute atomic E-state index is 0.00357. The van der Waals surface area contributed by atoms with E-state index < -0.39 is 0 Å². The van der Waals surface area contributed by atoms with E-state index in [1.54, 1.807) is 11.5 Å². The van der Waals surface area contributed by atoms with Crippen LogP contribution in [0.25, 0.3) is 10.2 Å². The predicted molar refractivity (Wildman–Crippen MR) is 124 cm³/mol. The number of hydrogen-bond acceptors (Lipinski definition) is 6. The summed E-state index contributed by atoms with van der Waals surface area (Å²) < 4.78 is 7.76. The van der Waals surface area contributed by atoms with Crippen LogP contribution in [0.1, 0.15) is 38.2 Å². The number of hydrogen-bond donors (Lipinski definition) is 0. The Kier molecular flexibility index (Phi) is 8.71. The fourth-order valence-electron chi connectivity index (χ4n) is 3.53. The van der Waals surface area contributed by atoms with Crippen LogP contribution in [0.5, 0.6) is 0 Å². The van der Waals surface area contributed by atoms with Gasteiger partial charge in [0.2, 0.25) is 5.91 Å². The molecule has 168 valence electrons. The van der Waals surface area contributed by atoms with Crippen molar-refractivity contribution in [2.75, 3.05) is 31.2 Å². The number of thiazole rings is 1. The molecule has 1 aliphatic heterocycles. The first-order valence-corrected chi connectivity index (χ1v) is 12.6. The molecule has 1 saturated heterocycles. The zero-order valence-corrected chi connectivity index (χ0v) is 19.7. The minimum Gasteiger partial charge on any atom is -0.465 e. The Morgan fingerprint density at radius 3 is 2.58 bits per heavy atom. The molecular weight excluding hydrogens is 434 g/mol. The van der Waals surface area contributed by atoms with E-state index in [1.165, 1.54) is 35.9 Å². The van der Waals surface area contributed by atoms with Gasteiger partial charge >= 0.3 is 5.97 Å². The summed E-state index contributed by atoms with van der Waals surface area (Å²) in [5.74, 6) is -0.167. The number of amides is 2. The SMILES string of the molecule is CCOC(=O)Cn1c(=NC(=O)CSCC(=O)N2CCCCCC2)sc2cc(C)ccc21. The topological polar surface area (TPSA) is 81.0 Å². The summed E-state index contributed by atoms with van der Waals surface area (Å²) in [5, 5.41) is 0. The Morgan fingerprint density at radius 1 is 1.13 bits per heavy atom. The van der Waals surface area contributed by atoms with Crippen LogP contribution in [0.4, 0.5) is 0 Å². The molecule has 0 atom stereocenters. The number of aromatic nitrogens is 1. The number of esters is 1. The first-order valence-electron chi connectivity index (χ1n) is 10.7. The number of nitrogens with zero attached hydrogens (tertiary/aromatic N) is 3. The Hall–Kier alpha value is -2.13. The molecule has 0 radical (unpaired) electrons. The van der Waals surface area contributed by atoms with Crippen molar-refractivity contribution in [1.82, 2.24) is 9.47 Å². The molecule has 3 rings (SSSR count). The largest absolute Gasteiger partial charge is 0.465 e. The van der Waals surface area contributed by atoms with Crippen LogP contribution in [-0.4, -0.2) is 58.5 Å². The summed E-state index contributed by atoms with van der Waals surface area (Å²) in [6, 6.07) is 5.91. The number of carbonyl (C=O) groups excluding carboxylic acids is 3. The zero-order valence-electron chi connectivity index (χ0n) is 18.1. The van der Waals surface area contributed by atoms with Gasteiger partial charge in [0, 0.05) is 13.1 Å². The smallest absolute Gasteiger partial charge is 0.326 e. The number of aryl methyl sites for hydroxylation is 1. The summed E-state index contributed by atoms with van der Waals surface area (Å²) >= 11 is 2.67. The maximum absolute atomic E-state index is 12.5. The summed E-state index contributed by atoms with van der Waals surface area (Å²) in [5.41, 5.74) is 1.94.